The average Bonchev–Trinajstić information content (AvgIpc) is 3.30. The van der Waals surface area contributed by atoms with E-state index in [2.05, 4.69) is 41.3 Å². The van der Waals surface area contributed by atoms with E-state index in [0.29, 0.717) is 0 Å². The van der Waals surface area contributed by atoms with Gasteiger partial charge in [-0.3, -0.25) is 9.88 Å². The molecule has 2 rings (SSSR count). The third-order valence-corrected chi connectivity index (χ3v) is 3.74. The summed E-state index contributed by atoms with van der Waals surface area (Å²) in [5.74, 6) is 0.853. The van der Waals surface area contributed by atoms with Crippen molar-refractivity contribution in [3.8, 4) is 0 Å². The fourth-order valence-corrected chi connectivity index (χ4v) is 2.17. The summed E-state index contributed by atoms with van der Waals surface area (Å²) in [6, 6.07) is 4.30. The van der Waals surface area contributed by atoms with Crippen LogP contribution in [0.15, 0.2) is 18.3 Å². The predicted octanol–water partition coefficient (Wildman–Crippen LogP) is 2.44. The Kier molecular flexibility index (Phi) is 7.13. The van der Waals surface area contributed by atoms with Gasteiger partial charge >= 0.3 is 0 Å². The molecular formula is C17H29N3O. The maximum atomic E-state index is 5.67. The molecular weight excluding hydrogens is 262 g/mol. The largest absolute Gasteiger partial charge is 0.380 e. The van der Waals surface area contributed by atoms with Crippen LogP contribution in [0.25, 0.3) is 0 Å². The molecule has 21 heavy (non-hydrogen) atoms. The molecule has 4 nitrogen and oxygen atoms in total. The molecule has 0 unspecified atom stereocenters. The Morgan fingerprint density at radius 2 is 2.24 bits per heavy atom. The third kappa shape index (κ3) is 7.02. The van der Waals surface area contributed by atoms with Gasteiger partial charge in [0.05, 0.1) is 12.3 Å². The van der Waals surface area contributed by atoms with Crippen LogP contribution in [-0.4, -0.2) is 43.2 Å². The Labute approximate surface area is 128 Å². The average molecular weight is 291 g/mol. The second-order valence-corrected chi connectivity index (χ2v) is 6.09. The molecule has 1 aromatic heterocycles. The SMILES string of the molecule is CCCNCc1ccc(CN(C)CCOCC2CC2)nc1. The molecule has 0 aromatic carbocycles. The number of pyridine rings is 1. The molecule has 1 saturated carbocycles. The van der Waals surface area contributed by atoms with Crippen molar-refractivity contribution < 1.29 is 4.74 Å². The fraction of sp³-hybridized carbons (Fsp3) is 0.706. The molecule has 0 saturated heterocycles. The third-order valence-electron chi connectivity index (χ3n) is 3.74. The van der Waals surface area contributed by atoms with Crippen LogP contribution in [0.5, 0.6) is 0 Å². The van der Waals surface area contributed by atoms with Gasteiger partial charge in [-0.25, -0.2) is 0 Å². The number of hydrogen-bond acceptors (Lipinski definition) is 4. The van der Waals surface area contributed by atoms with E-state index >= 15 is 0 Å². The molecule has 4 heteroatoms. The Hall–Kier alpha value is -0.970. The number of nitrogens with zero attached hydrogens (tertiary/aromatic N) is 2. The number of nitrogens with one attached hydrogen (secondary N) is 1. The summed E-state index contributed by atoms with van der Waals surface area (Å²) in [7, 11) is 2.12. The summed E-state index contributed by atoms with van der Waals surface area (Å²) >= 11 is 0. The zero-order valence-corrected chi connectivity index (χ0v) is 13.5. The Morgan fingerprint density at radius 1 is 1.38 bits per heavy atom. The number of rotatable bonds is 11. The highest BCUT2D eigenvalue weighted by molar-refractivity contribution is 5.13. The van der Waals surface area contributed by atoms with Gasteiger partial charge in [0.2, 0.25) is 0 Å². The highest BCUT2D eigenvalue weighted by Gasteiger charge is 2.20. The second-order valence-electron chi connectivity index (χ2n) is 6.09. The summed E-state index contributed by atoms with van der Waals surface area (Å²) in [5, 5.41) is 3.39. The van der Waals surface area contributed by atoms with E-state index in [4.69, 9.17) is 4.74 Å². The molecule has 118 valence electrons. The lowest BCUT2D eigenvalue weighted by atomic mass is 10.2. The van der Waals surface area contributed by atoms with Crippen LogP contribution in [0.4, 0.5) is 0 Å². The van der Waals surface area contributed by atoms with E-state index < -0.39 is 0 Å². The maximum absolute atomic E-state index is 5.67. The molecule has 0 bridgehead atoms. The van der Waals surface area contributed by atoms with Crippen molar-refractivity contribution in [1.82, 2.24) is 15.2 Å². The maximum Gasteiger partial charge on any atom is 0.0593 e. The first-order chi connectivity index (χ1) is 10.3. The fourth-order valence-electron chi connectivity index (χ4n) is 2.17. The Morgan fingerprint density at radius 3 is 2.90 bits per heavy atom. The molecule has 1 aliphatic rings. The first-order valence-electron chi connectivity index (χ1n) is 8.18. The van der Waals surface area contributed by atoms with Crippen molar-refractivity contribution in [2.45, 2.75) is 39.3 Å². The summed E-state index contributed by atoms with van der Waals surface area (Å²) < 4.78 is 5.67. The van der Waals surface area contributed by atoms with Crippen molar-refractivity contribution in [2.24, 2.45) is 5.92 Å². The second kappa shape index (κ2) is 9.13. The number of ether oxygens (including phenoxy) is 1. The highest BCUT2D eigenvalue weighted by atomic mass is 16.5. The van der Waals surface area contributed by atoms with Gasteiger partial charge in [-0.05, 0) is 50.4 Å². The summed E-state index contributed by atoms with van der Waals surface area (Å²) in [5.41, 5.74) is 2.38. The van der Waals surface area contributed by atoms with E-state index in [1.807, 2.05) is 6.20 Å². The van der Waals surface area contributed by atoms with Crippen LogP contribution in [0.1, 0.15) is 37.4 Å². The molecule has 0 spiro atoms. The first kappa shape index (κ1) is 16.4. The van der Waals surface area contributed by atoms with Gasteiger partial charge in [0, 0.05) is 32.4 Å². The zero-order chi connectivity index (χ0) is 14.9. The molecule has 0 atom stereocenters. The van der Waals surface area contributed by atoms with E-state index in [-0.39, 0.29) is 0 Å². The van der Waals surface area contributed by atoms with Crippen molar-refractivity contribution in [1.29, 1.82) is 0 Å². The lowest BCUT2D eigenvalue weighted by Gasteiger charge is -2.16. The molecule has 0 radical (unpaired) electrons. The van der Waals surface area contributed by atoms with Crippen LogP contribution < -0.4 is 5.32 Å². The van der Waals surface area contributed by atoms with E-state index in [0.717, 1.165) is 51.0 Å². The van der Waals surface area contributed by atoms with Crippen LogP contribution >= 0.6 is 0 Å². The van der Waals surface area contributed by atoms with Crippen molar-refractivity contribution in [2.75, 3.05) is 33.4 Å². The summed E-state index contributed by atoms with van der Waals surface area (Å²) in [6.07, 6.45) is 5.87. The molecule has 1 aliphatic carbocycles. The van der Waals surface area contributed by atoms with Gasteiger partial charge < -0.3 is 10.1 Å². The van der Waals surface area contributed by atoms with E-state index in [1.165, 1.54) is 24.8 Å². The monoisotopic (exact) mass is 291 g/mol. The molecule has 1 N–H and O–H groups in total. The number of likely N-dealkylation sites (N-methyl/N-ethyl adjacent to an activating group) is 1. The molecule has 0 aliphatic heterocycles. The quantitative estimate of drug-likeness (QED) is 0.636. The van der Waals surface area contributed by atoms with Gasteiger partial charge in [-0.1, -0.05) is 13.0 Å². The number of hydrogen-bond donors (Lipinski definition) is 1. The standard InChI is InChI=1S/C17H29N3O/c1-3-8-18-11-16-6-7-17(19-12-16)13-20(2)9-10-21-14-15-4-5-15/h6-7,12,15,18H,3-5,8-11,13-14H2,1-2H3. The normalized spacial score (nSPS) is 14.8. The van der Waals surface area contributed by atoms with Gasteiger partial charge in [0.1, 0.15) is 0 Å². The lowest BCUT2D eigenvalue weighted by Crippen LogP contribution is -2.23. The highest BCUT2D eigenvalue weighted by Crippen LogP contribution is 2.28. The summed E-state index contributed by atoms with van der Waals surface area (Å²) in [4.78, 5) is 6.81. The van der Waals surface area contributed by atoms with E-state index in [1.54, 1.807) is 0 Å². The minimum Gasteiger partial charge on any atom is -0.380 e. The molecule has 1 aromatic rings. The summed E-state index contributed by atoms with van der Waals surface area (Å²) in [6.45, 7) is 7.77. The van der Waals surface area contributed by atoms with E-state index in [9.17, 15) is 0 Å². The number of aromatic nitrogens is 1. The minimum absolute atomic E-state index is 0.825. The van der Waals surface area contributed by atoms with Gasteiger partial charge in [-0.15, -0.1) is 0 Å². The van der Waals surface area contributed by atoms with Crippen LogP contribution in [0.3, 0.4) is 0 Å². The van der Waals surface area contributed by atoms with Gasteiger partial charge in [0.15, 0.2) is 0 Å². The van der Waals surface area contributed by atoms with Crippen molar-refractivity contribution >= 4 is 0 Å². The first-order valence-corrected chi connectivity index (χ1v) is 8.18. The molecule has 0 amide bonds. The minimum atomic E-state index is 0.825. The molecule has 1 fully saturated rings. The smallest absolute Gasteiger partial charge is 0.0593 e. The topological polar surface area (TPSA) is 37.4 Å². The van der Waals surface area contributed by atoms with Crippen LogP contribution in [0.2, 0.25) is 0 Å². The van der Waals surface area contributed by atoms with Crippen LogP contribution in [0, 0.1) is 5.92 Å². The molecule has 1 heterocycles. The zero-order valence-electron chi connectivity index (χ0n) is 13.5. The van der Waals surface area contributed by atoms with Crippen LogP contribution in [-0.2, 0) is 17.8 Å². The Balaban J connectivity index is 1.61. The Bertz CT molecular complexity index is 390. The lowest BCUT2D eigenvalue weighted by molar-refractivity contribution is 0.101. The van der Waals surface area contributed by atoms with Crippen molar-refractivity contribution in [3.05, 3.63) is 29.6 Å². The van der Waals surface area contributed by atoms with Gasteiger partial charge in [-0.2, -0.15) is 0 Å². The predicted molar refractivity (Wildman–Crippen MR) is 86.1 cm³/mol. The van der Waals surface area contributed by atoms with Crippen molar-refractivity contribution in [3.63, 3.8) is 0 Å². The van der Waals surface area contributed by atoms with Gasteiger partial charge in [0.25, 0.3) is 0 Å².